The molecule has 0 saturated heterocycles. The van der Waals surface area contributed by atoms with Gasteiger partial charge in [-0.1, -0.05) is 0 Å². The molecule has 7 nitrogen and oxygen atoms in total. The molecule has 1 heterocycles. The van der Waals surface area contributed by atoms with Crippen LogP contribution >= 0.6 is 31.9 Å². The third-order valence-corrected chi connectivity index (χ3v) is 5.13. The summed E-state index contributed by atoms with van der Waals surface area (Å²) in [5.41, 5.74) is 2.56. The number of ether oxygens (including phenoxy) is 1. The Morgan fingerprint density at radius 3 is 2.46 bits per heavy atom. The van der Waals surface area contributed by atoms with E-state index in [0.717, 1.165) is 17.4 Å². The van der Waals surface area contributed by atoms with Crippen molar-refractivity contribution in [2.45, 2.75) is 6.54 Å². The van der Waals surface area contributed by atoms with Crippen molar-refractivity contribution < 1.29 is 24.3 Å². The van der Waals surface area contributed by atoms with Gasteiger partial charge in [0.05, 0.1) is 23.0 Å². The first-order chi connectivity index (χ1) is 13.2. The third kappa shape index (κ3) is 4.54. The topological polar surface area (TPSA) is 95.9 Å². The zero-order chi connectivity index (χ0) is 20.4. The molecule has 146 valence electrons. The van der Waals surface area contributed by atoms with E-state index in [1.54, 1.807) is 12.1 Å². The van der Waals surface area contributed by atoms with Gasteiger partial charge in [0.1, 0.15) is 12.3 Å². The molecule has 0 aliphatic heterocycles. The second-order valence-electron chi connectivity index (χ2n) is 6.54. The summed E-state index contributed by atoms with van der Waals surface area (Å²) in [6.45, 7) is 0.884. The molecule has 4 N–H and O–H groups in total. The number of fused-ring (bicyclic) bond motifs is 1. The Morgan fingerprint density at radius 1 is 1.18 bits per heavy atom. The van der Waals surface area contributed by atoms with E-state index >= 15 is 0 Å². The van der Waals surface area contributed by atoms with E-state index in [0.29, 0.717) is 26.1 Å². The number of quaternary nitrogens is 1. The molecule has 0 bridgehead atoms. The number of aromatic amines is 1. The number of benzene rings is 2. The predicted molar refractivity (Wildman–Crippen MR) is 113 cm³/mol. The minimum absolute atomic E-state index is 0.329. The monoisotopic (exact) mass is 510 g/mol. The van der Waals surface area contributed by atoms with Crippen molar-refractivity contribution in [1.82, 2.24) is 4.98 Å². The van der Waals surface area contributed by atoms with Gasteiger partial charge in [-0.15, -0.1) is 0 Å². The SMILES string of the molecule is C[NH+](C)Cc1c[nH]c2ccc(Oc3c(Br)cc(NC(=O)C(=O)O)cc3Br)cc12. The van der Waals surface area contributed by atoms with Crippen LogP contribution in [0, 0.1) is 0 Å². The molecule has 1 aromatic heterocycles. The van der Waals surface area contributed by atoms with E-state index in [-0.39, 0.29) is 0 Å². The minimum Gasteiger partial charge on any atom is -0.474 e. The second-order valence-corrected chi connectivity index (χ2v) is 8.24. The highest BCUT2D eigenvalue weighted by molar-refractivity contribution is 9.11. The molecule has 3 rings (SSSR count). The smallest absolute Gasteiger partial charge is 0.394 e. The summed E-state index contributed by atoms with van der Waals surface area (Å²) in [6.07, 6.45) is 2.01. The molecule has 28 heavy (non-hydrogen) atoms. The molecule has 2 aromatic carbocycles. The Balaban J connectivity index is 1.88. The molecular formula is C19H18Br2N3O4+. The standard InChI is InChI=1S/C19H17Br2N3O4/c1-24(2)9-10-8-22-16-4-3-12(7-13(10)16)28-17-14(20)5-11(6-15(17)21)23-18(25)19(26)27/h3-8,22H,9H2,1-2H3,(H,23,25)(H,26,27)/p+1. The van der Waals surface area contributed by atoms with E-state index in [4.69, 9.17) is 9.84 Å². The van der Waals surface area contributed by atoms with Gasteiger partial charge < -0.3 is 25.0 Å². The number of halogens is 2. The van der Waals surface area contributed by atoms with Gasteiger partial charge in [0.25, 0.3) is 0 Å². The fourth-order valence-electron chi connectivity index (χ4n) is 2.78. The predicted octanol–water partition coefficient (Wildman–Crippen LogP) is 3.15. The van der Waals surface area contributed by atoms with E-state index in [9.17, 15) is 9.59 Å². The molecule has 0 radical (unpaired) electrons. The molecule has 9 heteroatoms. The largest absolute Gasteiger partial charge is 0.474 e. The van der Waals surface area contributed by atoms with Gasteiger partial charge in [-0.2, -0.15) is 0 Å². The summed E-state index contributed by atoms with van der Waals surface area (Å²) in [5, 5.41) is 12.1. The minimum atomic E-state index is -1.55. The second kappa shape index (κ2) is 8.34. The van der Waals surface area contributed by atoms with Crippen LogP contribution in [0.3, 0.4) is 0 Å². The Morgan fingerprint density at radius 2 is 1.86 bits per heavy atom. The lowest BCUT2D eigenvalue weighted by atomic mass is 10.1. The number of carbonyl (C=O) groups is 2. The van der Waals surface area contributed by atoms with Crippen LogP contribution in [-0.4, -0.2) is 36.1 Å². The number of aromatic nitrogens is 1. The Bertz CT molecular complexity index is 1040. The number of anilines is 1. The number of hydrogen-bond donors (Lipinski definition) is 4. The molecule has 0 aliphatic rings. The number of carboxylic acids is 1. The number of aliphatic carboxylic acids is 1. The fourth-order valence-corrected chi connectivity index (χ4v) is 4.13. The first-order valence-electron chi connectivity index (χ1n) is 8.35. The first kappa shape index (κ1) is 20.4. The summed E-state index contributed by atoms with van der Waals surface area (Å²) >= 11 is 6.82. The molecule has 0 fully saturated rings. The van der Waals surface area contributed by atoms with E-state index in [1.165, 1.54) is 10.5 Å². The Labute approximate surface area is 177 Å². The Hall–Kier alpha value is -2.36. The lowest BCUT2D eigenvalue weighted by Crippen LogP contribution is -3.04. The van der Waals surface area contributed by atoms with Crippen molar-refractivity contribution in [2.24, 2.45) is 0 Å². The average molecular weight is 512 g/mol. The fraction of sp³-hybridized carbons (Fsp3) is 0.158. The van der Waals surface area contributed by atoms with Crippen LogP contribution in [0.5, 0.6) is 11.5 Å². The van der Waals surface area contributed by atoms with Crippen molar-refractivity contribution in [3.8, 4) is 11.5 Å². The number of carboxylic acid groups (broad SMARTS) is 1. The van der Waals surface area contributed by atoms with Crippen LogP contribution in [0.1, 0.15) is 5.56 Å². The van der Waals surface area contributed by atoms with Gasteiger partial charge in [0.15, 0.2) is 5.75 Å². The van der Waals surface area contributed by atoms with E-state index in [2.05, 4.69) is 56.3 Å². The highest BCUT2D eigenvalue weighted by Gasteiger charge is 2.16. The third-order valence-electron chi connectivity index (χ3n) is 3.95. The molecule has 0 atom stereocenters. The van der Waals surface area contributed by atoms with Gasteiger partial charge in [-0.3, -0.25) is 4.79 Å². The maximum atomic E-state index is 11.3. The van der Waals surface area contributed by atoms with Gasteiger partial charge >= 0.3 is 11.9 Å². The number of H-pyrrole nitrogens is 1. The lowest BCUT2D eigenvalue weighted by Gasteiger charge is -2.13. The van der Waals surface area contributed by atoms with Crippen LogP contribution in [0.25, 0.3) is 10.9 Å². The van der Waals surface area contributed by atoms with Crippen LogP contribution in [-0.2, 0) is 16.1 Å². The van der Waals surface area contributed by atoms with Crippen molar-refractivity contribution in [3.05, 3.63) is 51.0 Å². The number of rotatable bonds is 5. The van der Waals surface area contributed by atoms with Crippen LogP contribution in [0.4, 0.5) is 5.69 Å². The van der Waals surface area contributed by atoms with Crippen molar-refractivity contribution in [2.75, 3.05) is 19.4 Å². The average Bonchev–Trinajstić information content (AvgIpc) is 2.99. The van der Waals surface area contributed by atoms with Crippen LogP contribution in [0.2, 0.25) is 0 Å². The van der Waals surface area contributed by atoms with E-state index in [1.807, 2.05) is 24.4 Å². The summed E-state index contributed by atoms with van der Waals surface area (Å²) in [4.78, 5) is 26.6. The molecule has 0 unspecified atom stereocenters. The number of hydrogen-bond acceptors (Lipinski definition) is 3. The first-order valence-corrected chi connectivity index (χ1v) is 9.93. The van der Waals surface area contributed by atoms with E-state index < -0.39 is 11.9 Å². The molecule has 0 aliphatic carbocycles. The summed E-state index contributed by atoms with van der Waals surface area (Å²) < 4.78 is 7.17. The molecular weight excluding hydrogens is 494 g/mol. The normalized spacial score (nSPS) is 11.0. The van der Waals surface area contributed by atoms with Crippen molar-refractivity contribution in [1.29, 1.82) is 0 Å². The van der Waals surface area contributed by atoms with Crippen molar-refractivity contribution in [3.63, 3.8) is 0 Å². The summed E-state index contributed by atoms with van der Waals surface area (Å²) in [7, 11) is 4.19. The zero-order valence-corrected chi connectivity index (χ0v) is 18.3. The Kier molecular flexibility index (Phi) is 6.07. The zero-order valence-electron chi connectivity index (χ0n) is 15.1. The maximum Gasteiger partial charge on any atom is 0.394 e. The summed E-state index contributed by atoms with van der Waals surface area (Å²) in [6, 6.07) is 8.96. The highest BCUT2D eigenvalue weighted by Crippen LogP contribution is 2.40. The van der Waals surface area contributed by atoms with Gasteiger partial charge in [-0.25, -0.2) is 4.79 Å². The highest BCUT2D eigenvalue weighted by atomic mass is 79.9. The van der Waals surface area contributed by atoms with Gasteiger partial charge in [0.2, 0.25) is 0 Å². The quantitative estimate of drug-likeness (QED) is 0.396. The molecule has 3 aromatic rings. The van der Waals surface area contributed by atoms with Crippen LogP contribution in [0.15, 0.2) is 45.5 Å². The number of amides is 1. The maximum absolute atomic E-state index is 11.3. The molecule has 1 amide bonds. The van der Waals surface area contributed by atoms with Gasteiger partial charge in [0, 0.05) is 28.4 Å². The van der Waals surface area contributed by atoms with Crippen LogP contribution < -0.4 is 15.0 Å². The number of nitrogens with one attached hydrogen (secondary N) is 3. The van der Waals surface area contributed by atoms with Crippen molar-refractivity contribution >= 4 is 60.3 Å². The van der Waals surface area contributed by atoms with Gasteiger partial charge in [-0.05, 0) is 62.2 Å². The lowest BCUT2D eigenvalue weighted by molar-refractivity contribution is -0.872. The molecule has 0 spiro atoms. The summed E-state index contributed by atoms with van der Waals surface area (Å²) in [5.74, 6) is -1.49. The molecule has 0 saturated carbocycles. The number of carbonyl (C=O) groups excluding carboxylic acids is 1.